The van der Waals surface area contributed by atoms with E-state index in [1.54, 1.807) is 11.6 Å². The van der Waals surface area contributed by atoms with Crippen LogP contribution in [0.15, 0.2) is 24.3 Å². The molecule has 0 radical (unpaired) electrons. The molecule has 4 N–H and O–H groups in total. The van der Waals surface area contributed by atoms with E-state index in [0.717, 1.165) is 12.1 Å². The van der Waals surface area contributed by atoms with Crippen LogP contribution in [0.2, 0.25) is 0 Å². The number of ether oxygens (including phenoxy) is 4. The average Bonchev–Trinajstić information content (AvgIpc) is 3.49. The van der Waals surface area contributed by atoms with Gasteiger partial charge >= 0.3 is 12.5 Å². The van der Waals surface area contributed by atoms with E-state index in [-0.39, 0.29) is 18.3 Å². The lowest BCUT2D eigenvalue weighted by Crippen LogP contribution is -2.60. The Morgan fingerprint density at radius 2 is 1.84 bits per heavy atom. The van der Waals surface area contributed by atoms with Crippen molar-refractivity contribution >= 4 is 0 Å². The maximum absolute atomic E-state index is 13.2. The van der Waals surface area contributed by atoms with Crippen molar-refractivity contribution in [3.63, 3.8) is 0 Å². The first-order valence-electron chi connectivity index (χ1n) is 11.6. The van der Waals surface area contributed by atoms with Gasteiger partial charge in [-0.2, -0.15) is 17.6 Å². The number of nitrogens with zero attached hydrogens (tertiary/aromatic N) is 2. The van der Waals surface area contributed by atoms with Gasteiger partial charge in [-0.25, -0.2) is 0 Å². The number of aliphatic hydroxyl groups is 4. The summed E-state index contributed by atoms with van der Waals surface area (Å²) in [6.07, 6.45) is -15.3. The molecule has 3 heterocycles. The molecule has 2 aliphatic heterocycles. The zero-order chi connectivity index (χ0) is 26.9. The minimum absolute atomic E-state index is 0.0401. The fourth-order valence-corrected chi connectivity index (χ4v) is 4.25. The molecular formula is C23H28F4N2O8. The summed E-state index contributed by atoms with van der Waals surface area (Å²) in [5.41, 5.74) is 1.80. The van der Waals surface area contributed by atoms with Crippen LogP contribution in [0.3, 0.4) is 0 Å². The molecule has 0 spiro atoms. The van der Waals surface area contributed by atoms with Gasteiger partial charge in [-0.05, 0) is 31.0 Å². The number of alkyl halides is 4. The van der Waals surface area contributed by atoms with Crippen molar-refractivity contribution in [1.29, 1.82) is 0 Å². The highest BCUT2D eigenvalue weighted by molar-refractivity contribution is 5.38. The second kappa shape index (κ2) is 11.1. The molecule has 1 aromatic heterocycles. The van der Waals surface area contributed by atoms with Crippen LogP contribution in [0.4, 0.5) is 17.6 Å². The Morgan fingerprint density at radius 1 is 1.14 bits per heavy atom. The average molecular weight is 536 g/mol. The van der Waals surface area contributed by atoms with Gasteiger partial charge in [0.25, 0.3) is 0 Å². The molecule has 2 aromatic rings. The van der Waals surface area contributed by atoms with E-state index in [1.165, 1.54) is 12.1 Å². The van der Waals surface area contributed by atoms with Crippen molar-refractivity contribution in [1.82, 2.24) is 9.78 Å². The lowest BCUT2D eigenvalue weighted by atomic mass is 9.99. The zero-order valence-corrected chi connectivity index (χ0v) is 19.7. The van der Waals surface area contributed by atoms with Crippen molar-refractivity contribution in [3.8, 4) is 11.6 Å². The van der Waals surface area contributed by atoms with Gasteiger partial charge in [0.1, 0.15) is 30.2 Å². The molecule has 37 heavy (non-hydrogen) atoms. The first kappa shape index (κ1) is 27.5. The van der Waals surface area contributed by atoms with Gasteiger partial charge in [0.2, 0.25) is 12.2 Å². The third-order valence-corrected chi connectivity index (χ3v) is 6.38. The number of halogens is 4. The molecule has 0 amide bonds. The number of hydrogen-bond acceptors (Lipinski definition) is 9. The lowest BCUT2D eigenvalue weighted by Gasteiger charge is -2.39. The summed E-state index contributed by atoms with van der Waals surface area (Å²) in [4.78, 5) is 0. The Balaban J connectivity index is 1.59. The van der Waals surface area contributed by atoms with Crippen LogP contribution in [0.1, 0.15) is 29.3 Å². The van der Waals surface area contributed by atoms with Crippen LogP contribution < -0.4 is 9.47 Å². The smallest absolute Gasteiger partial charge is 0.443 e. The summed E-state index contributed by atoms with van der Waals surface area (Å²) in [5, 5.41) is 44.5. The van der Waals surface area contributed by atoms with E-state index in [4.69, 9.17) is 14.2 Å². The number of aromatic nitrogens is 2. The van der Waals surface area contributed by atoms with E-state index < -0.39 is 55.6 Å². The fraction of sp³-hybridized carbons (Fsp3) is 0.609. The van der Waals surface area contributed by atoms with Gasteiger partial charge in [0.05, 0.1) is 19.3 Å². The van der Waals surface area contributed by atoms with Crippen molar-refractivity contribution in [2.45, 2.75) is 69.0 Å². The summed E-state index contributed by atoms with van der Waals surface area (Å²) in [5.74, 6) is -0.402. The summed E-state index contributed by atoms with van der Waals surface area (Å²) >= 11 is 0. The standard InChI is InChI=1S/C23H28F4N2O8/c1-11-15(8-12-2-4-14(5-3-12)37-23(26,27)22(24)25)20(28-29(11)13-6-7-34-10-13)36-21-19(33)18(32)17(31)16(9-30)35-21/h2-5,13,16-19,21-22,30-33H,6-10H2,1H3/t13?,16-,17-,18+,19-,21+/m1/s1. The largest absolute Gasteiger partial charge is 0.461 e. The Hall–Kier alpha value is -2.49. The minimum atomic E-state index is -4.63. The lowest BCUT2D eigenvalue weighted by molar-refractivity contribution is -0.278. The maximum atomic E-state index is 13.2. The molecule has 0 aliphatic carbocycles. The second-order valence-electron chi connectivity index (χ2n) is 8.93. The van der Waals surface area contributed by atoms with E-state index in [0.29, 0.717) is 36.5 Å². The number of hydrogen-bond donors (Lipinski definition) is 4. The molecular weight excluding hydrogens is 508 g/mol. The summed E-state index contributed by atoms with van der Waals surface area (Å²) < 4.78 is 73.7. The van der Waals surface area contributed by atoms with Crippen molar-refractivity contribution in [3.05, 3.63) is 41.1 Å². The Morgan fingerprint density at radius 3 is 2.43 bits per heavy atom. The predicted octanol–water partition coefficient (Wildman–Crippen LogP) is 1.16. The fourth-order valence-electron chi connectivity index (χ4n) is 4.25. The molecule has 2 saturated heterocycles. The van der Waals surface area contributed by atoms with Gasteiger partial charge < -0.3 is 39.4 Å². The number of benzene rings is 1. The van der Waals surface area contributed by atoms with Crippen LogP contribution in [0.5, 0.6) is 11.6 Å². The number of rotatable bonds is 9. The van der Waals surface area contributed by atoms with Gasteiger partial charge in [0.15, 0.2) is 0 Å². The third-order valence-electron chi connectivity index (χ3n) is 6.38. The zero-order valence-electron chi connectivity index (χ0n) is 19.7. The predicted molar refractivity (Wildman–Crippen MR) is 117 cm³/mol. The number of aliphatic hydroxyl groups excluding tert-OH is 4. The van der Waals surface area contributed by atoms with Crippen molar-refractivity contribution in [2.24, 2.45) is 0 Å². The summed E-state index contributed by atoms with van der Waals surface area (Å²) in [7, 11) is 0. The van der Waals surface area contributed by atoms with Gasteiger partial charge in [-0.3, -0.25) is 4.68 Å². The van der Waals surface area contributed by atoms with E-state index >= 15 is 0 Å². The van der Waals surface area contributed by atoms with Gasteiger partial charge in [0, 0.05) is 24.3 Å². The first-order valence-corrected chi connectivity index (χ1v) is 11.6. The van der Waals surface area contributed by atoms with Crippen LogP contribution >= 0.6 is 0 Å². The van der Waals surface area contributed by atoms with E-state index in [2.05, 4.69) is 9.84 Å². The first-order chi connectivity index (χ1) is 17.5. The van der Waals surface area contributed by atoms with Gasteiger partial charge in [-0.15, -0.1) is 5.10 Å². The van der Waals surface area contributed by atoms with Crippen LogP contribution in [0, 0.1) is 6.92 Å². The molecule has 14 heteroatoms. The highest BCUT2D eigenvalue weighted by Crippen LogP contribution is 2.33. The highest BCUT2D eigenvalue weighted by atomic mass is 19.3. The summed E-state index contributed by atoms with van der Waals surface area (Å²) in [6, 6.07) is 5.01. The summed E-state index contributed by atoms with van der Waals surface area (Å²) in [6.45, 7) is 2.09. The molecule has 206 valence electrons. The molecule has 0 saturated carbocycles. The molecule has 6 atom stereocenters. The molecule has 2 fully saturated rings. The quantitative estimate of drug-likeness (QED) is 0.348. The molecule has 1 unspecified atom stereocenters. The van der Waals surface area contributed by atoms with Crippen molar-refractivity contribution in [2.75, 3.05) is 19.8 Å². The SMILES string of the molecule is Cc1c(Cc2ccc(OC(F)(F)C(F)F)cc2)c(O[C@@H]2O[C@H](CO)[C@@H](O)[C@H](O)[C@H]2O)nn1C1CCOC1. The van der Waals surface area contributed by atoms with Crippen LogP contribution in [0.25, 0.3) is 0 Å². The van der Waals surface area contributed by atoms with Crippen LogP contribution in [-0.4, -0.2) is 93.3 Å². The normalized spacial score (nSPS) is 28.6. The Bertz CT molecular complexity index is 1050. The molecule has 4 rings (SSSR count). The topological polar surface area (TPSA) is 136 Å². The third kappa shape index (κ3) is 5.84. The molecule has 10 nitrogen and oxygen atoms in total. The van der Waals surface area contributed by atoms with E-state index in [1.807, 2.05) is 0 Å². The van der Waals surface area contributed by atoms with E-state index in [9.17, 15) is 38.0 Å². The highest BCUT2D eigenvalue weighted by Gasteiger charge is 2.46. The molecule has 1 aromatic carbocycles. The minimum Gasteiger partial charge on any atom is -0.443 e. The maximum Gasteiger partial charge on any atom is 0.461 e. The Labute approximate surface area is 208 Å². The second-order valence-corrected chi connectivity index (χ2v) is 8.93. The molecule has 2 aliphatic rings. The van der Waals surface area contributed by atoms with Crippen LogP contribution in [-0.2, 0) is 15.9 Å². The van der Waals surface area contributed by atoms with Crippen molar-refractivity contribution < 1.29 is 56.9 Å². The molecule has 0 bridgehead atoms. The Kier molecular flexibility index (Phi) is 8.26. The van der Waals surface area contributed by atoms with Gasteiger partial charge in [-0.1, -0.05) is 12.1 Å². The monoisotopic (exact) mass is 536 g/mol.